The van der Waals surface area contributed by atoms with E-state index in [1.54, 1.807) is 12.1 Å². The van der Waals surface area contributed by atoms with Gasteiger partial charge in [0, 0.05) is 17.3 Å². The van der Waals surface area contributed by atoms with Crippen LogP contribution in [0.15, 0.2) is 59.1 Å². The molecule has 0 unspecified atom stereocenters. The number of amides is 1. The number of hydrogen-bond acceptors (Lipinski definition) is 4. The number of aromatic nitrogens is 1. The van der Waals surface area contributed by atoms with Crippen LogP contribution in [0.4, 0.5) is 18.9 Å². The number of halogens is 3. The zero-order valence-electron chi connectivity index (χ0n) is 12.5. The van der Waals surface area contributed by atoms with Crippen LogP contribution in [0.3, 0.4) is 0 Å². The van der Waals surface area contributed by atoms with Crippen molar-refractivity contribution in [3.05, 3.63) is 65.9 Å². The number of alkyl halides is 3. The molecule has 0 aliphatic carbocycles. The zero-order chi connectivity index (χ0) is 18.0. The Hall–Kier alpha value is -3.29. The third-order valence-electron chi connectivity index (χ3n) is 3.34. The van der Waals surface area contributed by atoms with Crippen LogP contribution in [-0.4, -0.2) is 16.2 Å². The second-order valence-electron chi connectivity index (χ2n) is 5.16. The van der Waals surface area contributed by atoms with E-state index in [9.17, 15) is 23.1 Å². The molecule has 3 aromatic rings. The summed E-state index contributed by atoms with van der Waals surface area (Å²) in [5, 5.41) is 15.2. The molecule has 8 heteroatoms. The number of nitrogens with zero attached hydrogens (tertiary/aromatic N) is 1. The molecule has 5 nitrogen and oxygen atoms in total. The molecule has 0 aliphatic heterocycles. The number of hydrogen-bond donors (Lipinski definition) is 2. The molecule has 3 rings (SSSR count). The van der Waals surface area contributed by atoms with Crippen molar-refractivity contribution >= 4 is 11.6 Å². The predicted octanol–water partition coefficient (Wildman–Crippen LogP) is 4.32. The van der Waals surface area contributed by atoms with E-state index in [1.807, 2.05) is 0 Å². The Morgan fingerprint density at radius 1 is 1.08 bits per heavy atom. The fourth-order valence-electron chi connectivity index (χ4n) is 2.11. The van der Waals surface area contributed by atoms with Crippen molar-refractivity contribution in [2.75, 3.05) is 5.32 Å². The number of nitrogens with one attached hydrogen (secondary N) is 1. The topological polar surface area (TPSA) is 75.4 Å². The lowest BCUT2D eigenvalue weighted by molar-refractivity contribution is -0.137. The summed E-state index contributed by atoms with van der Waals surface area (Å²) >= 11 is 0. The lowest BCUT2D eigenvalue weighted by Gasteiger charge is -2.08. The smallest absolute Gasteiger partial charge is 0.416 e. The van der Waals surface area contributed by atoms with Crippen molar-refractivity contribution < 1.29 is 27.6 Å². The molecular formula is C17H11F3N2O3. The van der Waals surface area contributed by atoms with Gasteiger partial charge in [-0.1, -0.05) is 11.2 Å². The molecule has 2 N–H and O–H groups in total. The summed E-state index contributed by atoms with van der Waals surface area (Å²) in [6.07, 6.45) is -4.50. The van der Waals surface area contributed by atoms with Crippen LogP contribution in [0.1, 0.15) is 16.1 Å². The van der Waals surface area contributed by atoms with Crippen LogP contribution < -0.4 is 5.32 Å². The fourth-order valence-corrected chi connectivity index (χ4v) is 2.11. The van der Waals surface area contributed by atoms with Crippen molar-refractivity contribution in [3.8, 4) is 17.1 Å². The first-order valence-electron chi connectivity index (χ1n) is 7.08. The monoisotopic (exact) mass is 348 g/mol. The van der Waals surface area contributed by atoms with Crippen LogP contribution in [0.2, 0.25) is 0 Å². The van der Waals surface area contributed by atoms with Gasteiger partial charge in [0.15, 0.2) is 11.5 Å². The number of rotatable bonds is 3. The number of anilines is 1. The van der Waals surface area contributed by atoms with Crippen molar-refractivity contribution in [1.82, 2.24) is 5.16 Å². The van der Waals surface area contributed by atoms with E-state index in [4.69, 9.17) is 4.52 Å². The average Bonchev–Trinajstić information content (AvgIpc) is 3.05. The van der Waals surface area contributed by atoms with Crippen molar-refractivity contribution in [1.29, 1.82) is 0 Å². The van der Waals surface area contributed by atoms with Gasteiger partial charge in [0.2, 0.25) is 0 Å². The number of phenols is 1. The molecule has 0 fully saturated rings. The summed E-state index contributed by atoms with van der Waals surface area (Å²) in [6, 6.07) is 11.7. The molecule has 0 spiro atoms. The molecular weight excluding hydrogens is 337 g/mol. The third kappa shape index (κ3) is 3.79. The molecule has 1 heterocycles. The molecule has 0 bridgehead atoms. The van der Waals surface area contributed by atoms with Gasteiger partial charge >= 0.3 is 6.18 Å². The fraction of sp³-hybridized carbons (Fsp3) is 0.0588. The minimum atomic E-state index is -4.50. The van der Waals surface area contributed by atoms with Gasteiger partial charge in [0.25, 0.3) is 5.91 Å². The second-order valence-corrected chi connectivity index (χ2v) is 5.16. The van der Waals surface area contributed by atoms with Gasteiger partial charge in [-0.3, -0.25) is 4.79 Å². The van der Waals surface area contributed by atoms with Gasteiger partial charge in [0.05, 0.1) is 5.56 Å². The van der Waals surface area contributed by atoms with E-state index in [1.165, 1.54) is 30.3 Å². The molecule has 1 amide bonds. The number of benzene rings is 2. The molecule has 128 valence electrons. The highest BCUT2D eigenvalue weighted by atomic mass is 19.4. The van der Waals surface area contributed by atoms with Crippen molar-refractivity contribution in [2.45, 2.75) is 6.18 Å². The largest absolute Gasteiger partial charge is 0.508 e. The number of carbonyl (C=O) groups excluding carboxylic acids is 1. The van der Waals surface area contributed by atoms with E-state index >= 15 is 0 Å². The highest BCUT2D eigenvalue weighted by Crippen LogP contribution is 2.31. The highest BCUT2D eigenvalue weighted by Gasteiger charge is 2.30. The summed E-state index contributed by atoms with van der Waals surface area (Å²) < 4.78 is 43.1. The van der Waals surface area contributed by atoms with Crippen LogP contribution in [-0.2, 0) is 6.18 Å². The lowest BCUT2D eigenvalue weighted by atomic mass is 10.1. The Balaban J connectivity index is 1.77. The normalized spacial score (nSPS) is 11.3. The maximum atomic E-state index is 12.7. The van der Waals surface area contributed by atoms with Gasteiger partial charge in [-0.15, -0.1) is 0 Å². The first-order chi connectivity index (χ1) is 11.8. The van der Waals surface area contributed by atoms with Crippen LogP contribution >= 0.6 is 0 Å². The van der Waals surface area contributed by atoms with Gasteiger partial charge in [0.1, 0.15) is 5.75 Å². The van der Waals surface area contributed by atoms with Gasteiger partial charge in [-0.25, -0.2) is 0 Å². The maximum absolute atomic E-state index is 12.7. The molecule has 0 atom stereocenters. The summed E-state index contributed by atoms with van der Waals surface area (Å²) in [6.45, 7) is 0. The Morgan fingerprint density at radius 3 is 2.48 bits per heavy atom. The molecule has 0 radical (unpaired) electrons. The maximum Gasteiger partial charge on any atom is 0.416 e. The van der Waals surface area contributed by atoms with Crippen molar-refractivity contribution in [3.63, 3.8) is 0 Å². The van der Waals surface area contributed by atoms with Crippen LogP contribution in [0.25, 0.3) is 11.3 Å². The summed E-state index contributed by atoms with van der Waals surface area (Å²) in [7, 11) is 0. The van der Waals surface area contributed by atoms with E-state index in [-0.39, 0.29) is 22.9 Å². The summed E-state index contributed by atoms with van der Waals surface area (Å²) in [5.74, 6) is -0.340. The quantitative estimate of drug-likeness (QED) is 0.739. The van der Waals surface area contributed by atoms with Crippen LogP contribution in [0.5, 0.6) is 5.75 Å². The predicted molar refractivity (Wildman–Crippen MR) is 83.0 cm³/mol. The van der Waals surface area contributed by atoms with Crippen LogP contribution in [0, 0.1) is 0 Å². The Kier molecular flexibility index (Phi) is 4.18. The third-order valence-corrected chi connectivity index (χ3v) is 3.34. The van der Waals surface area contributed by atoms with Crippen molar-refractivity contribution in [2.24, 2.45) is 0 Å². The second kappa shape index (κ2) is 6.31. The van der Waals surface area contributed by atoms with Gasteiger partial charge in [-0.05, 0) is 42.5 Å². The standard InChI is InChI=1S/C17H11F3N2O3/c18-17(19,20)11-2-1-3-12(8-11)21-16(24)14-9-15(25-22-14)10-4-6-13(23)7-5-10/h1-9,23H,(H,21,24). The Bertz CT molecular complexity index is 902. The number of phenolic OH excluding ortho intramolecular Hbond substituents is 1. The van der Waals surface area contributed by atoms with E-state index < -0.39 is 17.6 Å². The number of aromatic hydroxyl groups is 1. The average molecular weight is 348 g/mol. The molecule has 25 heavy (non-hydrogen) atoms. The molecule has 0 aliphatic rings. The summed E-state index contributed by atoms with van der Waals surface area (Å²) in [5.41, 5.74) is -0.367. The number of carbonyl (C=O) groups is 1. The minimum Gasteiger partial charge on any atom is -0.508 e. The molecule has 0 saturated carbocycles. The minimum absolute atomic E-state index is 0.00555. The Morgan fingerprint density at radius 2 is 1.80 bits per heavy atom. The van der Waals surface area contributed by atoms with E-state index in [0.29, 0.717) is 5.56 Å². The summed E-state index contributed by atoms with van der Waals surface area (Å²) in [4.78, 5) is 12.1. The van der Waals surface area contributed by atoms with Gasteiger partial charge in [-0.2, -0.15) is 13.2 Å². The highest BCUT2D eigenvalue weighted by molar-refractivity contribution is 6.03. The molecule has 2 aromatic carbocycles. The Labute approximate surface area is 139 Å². The van der Waals surface area contributed by atoms with E-state index in [2.05, 4.69) is 10.5 Å². The lowest BCUT2D eigenvalue weighted by Crippen LogP contribution is -2.13. The van der Waals surface area contributed by atoms with Gasteiger partial charge < -0.3 is 14.9 Å². The molecule has 1 aromatic heterocycles. The zero-order valence-corrected chi connectivity index (χ0v) is 12.5. The first-order valence-corrected chi connectivity index (χ1v) is 7.08. The SMILES string of the molecule is O=C(Nc1cccc(C(F)(F)F)c1)c1cc(-c2ccc(O)cc2)on1. The first kappa shape index (κ1) is 16.6. The van der Waals surface area contributed by atoms with E-state index in [0.717, 1.165) is 12.1 Å². The molecule has 0 saturated heterocycles.